The fourth-order valence-corrected chi connectivity index (χ4v) is 0.503. The minimum Gasteiger partial charge on any atom is -0.844 e. The first-order valence-corrected chi connectivity index (χ1v) is 2.77. The number of methoxy groups -OCH3 is 2. The molecule has 0 bridgehead atoms. The van der Waals surface area contributed by atoms with Crippen molar-refractivity contribution >= 4 is 0 Å². The van der Waals surface area contributed by atoms with E-state index in [0.29, 0.717) is 0 Å². The van der Waals surface area contributed by atoms with E-state index in [1.165, 1.54) is 14.2 Å². The second kappa shape index (κ2) is 5.13. The van der Waals surface area contributed by atoms with Crippen molar-refractivity contribution in [2.75, 3.05) is 14.2 Å². The quantitative estimate of drug-likeness (QED) is 0.430. The summed E-state index contributed by atoms with van der Waals surface area (Å²) in [4.78, 5) is 10.2. The molecule has 0 aliphatic carbocycles. The van der Waals surface area contributed by atoms with E-state index in [2.05, 4.69) is 24.4 Å². The maximum absolute atomic E-state index is 10.6. The molecule has 0 aliphatic heterocycles. The smallest absolute Gasteiger partial charge is 0.844 e. The Labute approximate surface area is 91.3 Å². The van der Waals surface area contributed by atoms with Crippen LogP contribution in [0.4, 0.5) is 0 Å². The third-order valence-corrected chi connectivity index (χ3v) is 0.939. The van der Waals surface area contributed by atoms with Crippen LogP contribution in [-0.4, -0.2) is 29.2 Å². The first kappa shape index (κ1) is 11.4. The molecule has 0 fully saturated rings. The minimum atomic E-state index is -0.673. The molecular weight excluding hydrogens is 173 g/mol. The topological polar surface area (TPSA) is 80.2 Å². The van der Waals surface area contributed by atoms with Crippen LogP contribution in [-0.2, 0) is 0 Å². The van der Waals surface area contributed by atoms with Gasteiger partial charge >= 0.3 is 41.6 Å². The van der Waals surface area contributed by atoms with Gasteiger partial charge < -0.3 is 14.6 Å². The van der Waals surface area contributed by atoms with Crippen molar-refractivity contribution in [2.24, 2.45) is 0 Å². The Morgan fingerprint density at radius 3 is 1.75 bits per heavy atom. The van der Waals surface area contributed by atoms with Gasteiger partial charge in [-0.3, -0.25) is 0 Å². The summed E-state index contributed by atoms with van der Waals surface area (Å²) in [5, 5.41) is 10.6. The molecule has 1 heterocycles. The van der Waals surface area contributed by atoms with Gasteiger partial charge in [0.05, 0.1) is 20.2 Å². The molecule has 0 atom stereocenters. The van der Waals surface area contributed by atoms with Crippen LogP contribution in [0.5, 0.6) is 18.0 Å². The Bertz CT molecular complexity index is 235. The first-order chi connectivity index (χ1) is 5.26. The molecule has 6 nitrogen and oxygen atoms in total. The van der Waals surface area contributed by atoms with E-state index in [0.717, 1.165) is 0 Å². The predicted molar refractivity (Wildman–Crippen MR) is 32.4 cm³/mol. The van der Waals surface area contributed by atoms with Crippen molar-refractivity contribution in [3.8, 4) is 18.0 Å². The molecule has 0 amide bonds. The van der Waals surface area contributed by atoms with Crippen molar-refractivity contribution < 1.29 is 44.1 Å². The number of rotatable bonds is 2. The van der Waals surface area contributed by atoms with Crippen LogP contribution in [0.2, 0.25) is 0 Å². The van der Waals surface area contributed by atoms with E-state index in [1.807, 2.05) is 0 Å². The number of hydrogen-bond donors (Lipinski definition) is 0. The van der Waals surface area contributed by atoms with Gasteiger partial charge in [-0.2, -0.15) is 9.97 Å². The third-order valence-electron chi connectivity index (χ3n) is 0.939. The molecule has 1 aromatic rings. The van der Waals surface area contributed by atoms with Crippen molar-refractivity contribution in [1.82, 2.24) is 15.0 Å². The molecule has 0 aromatic carbocycles. The molecule has 12 heavy (non-hydrogen) atoms. The van der Waals surface area contributed by atoms with E-state index in [-0.39, 0.29) is 41.6 Å². The van der Waals surface area contributed by atoms with Gasteiger partial charge in [-0.1, -0.05) is 0 Å². The summed E-state index contributed by atoms with van der Waals surface area (Å²) in [6.07, 6.45) is 0. The van der Waals surface area contributed by atoms with Crippen LogP contribution in [0.15, 0.2) is 0 Å². The maximum Gasteiger partial charge on any atom is 1.00 e. The molecule has 7 heteroatoms. The van der Waals surface area contributed by atoms with Crippen LogP contribution in [0, 0.1) is 0 Å². The van der Waals surface area contributed by atoms with Crippen LogP contribution >= 0.6 is 0 Å². The fourth-order valence-electron chi connectivity index (χ4n) is 0.503. The Balaban J connectivity index is 0.00000121. The van der Waals surface area contributed by atoms with Crippen LogP contribution in [0.1, 0.15) is 0 Å². The Morgan fingerprint density at radius 1 is 1.00 bits per heavy atom. The molecule has 1 aromatic heterocycles. The average molecular weight is 179 g/mol. The fraction of sp³-hybridized carbons (Fsp3) is 0.400. The summed E-state index contributed by atoms with van der Waals surface area (Å²) >= 11 is 0. The van der Waals surface area contributed by atoms with Crippen LogP contribution in [0.25, 0.3) is 0 Å². The number of ether oxygens (including phenoxy) is 2. The molecule has 0 aliphatic rings. The number of aromatic nitrogens is 3. The van der Waals surface area contributed by atoms with E-state index in [9.17, 15) is 5.11 Å². The third kappa shape index (κ3) is 2.80. The van der Waals surface area contributed by atoms with Crippen LogP contribution < -0.4 is 44.1 Å². The van der Waals surface area contributed by atoms with Crippen molar-refractivity contribution in [3.05, 3.63) is 0 Å². The molecular formula is C5H6N3NaO3. The summed E-state index contributed by atoms with van der Waals surface area (Å²) in [6, 6.07) is -0.752. The Morgan fingerprint density at radius 2 is 1.42 bits per heavy atom. The normalized spacial score (nSPS) is 8.50. The average Bonchev–Trinajstić information content (AvgIpc) is 2.03. The summed E-state index contributed by atoms with van der Waals surface area (Å²) in [6.45, 7) is 0. The van der Waals surface area contributed by atoms with Gasteiger partial charge in [0, 0.05) is 0 Å². The van der Waals surface area contributed by atoms with Gasteiger partial charge in [0.2, 0.25) is 0 Å². The van der Waals surface area contributed by atoms with Gasteiger partial charge in [-0.05, 0) is 0 Å². The summed E-state index contributed by atoms with van der Waals surface area (Å²) in [5.41, 5.74) is 0. The zero-order chi connectivity index (χ0) is 8.27. The maximum atomic E-state index is 10.6. The number of nitrogens with zero attached hydrogens (tertiary/aromatic N) is 3. The SMILES string of the molecule is COc1nc([O-])nc(OC)n1.[Na+]. The molecule has 0 saturated carbocycles. The van der Waals surface area contributed by atoms with E-state index in [1.54, 1.807) is 0 Å². The van der Waals surface area contributed by atoms with E-state index < -0.39 is 6.01 Å². The zero-order valence-corrected chi connectivity index (χ0v) is 9.07. The van der Waals surface area contributed by atoms with Gasteiger partial charge in [-0.15, -0.1) is 4.98 Å². The molecule has 0 unspecified atom stereocenters. The van der Waals surface area contributed by atoms with E-state index in [4.69, 9.17) is 0 Å². The van der Waals surface area contributed by atoms with Crippen molar-refractivity contribution in [2.45, 2.75) is 0 Å². The summed E-state index contributed by atoms with van der Waals surface area (Å²) < 4.78 is 9.19. The zero-order valence-electron chi connectivity index (χ0n) is 7.07. The molecule has 1 rings (SSSR count). The van der Waals surface area contributed by atoms with Gasteiger partial charge in [0.25, 0.3) is 0 Å². The van der Waals surface area contributed by atoms with Crippen molar-refractivity contribution in [1.29, 1.82) is 0 Å². The second-order valence-electron chi connectivity index (χ2n) is 1.59. The summed E-state index contributed by atoms with van der Waals surface area (Å²) in [7, 11) is 2.71. The molecule has 0 spiro atoms. The largest absolute Gasteiger partial charge is 1.00 e. The molecule has 60 valence electrons. The standard InChI is InChI=1S/C5H7N3O3.Na/c1-10-4-6-3(9)7-5(8-4)11-2;/h1-2H3,(H,6,7,8,9);/q;+1/p-1. The Kier molecular flexibility index (Phi) is 4.87. The number of hydrogen-bond acceptors (Lipinski definition) is 6. The first-order valence-electron chi connectivity index (χ1n) is 2.77. The van der Waals surface area contributed by atoms with Crippen LogP contribution in [0.3, 0.4) is 0 Å². The minimum absolute atomic E-state index is 0. The Hall–Kier alpha value is -0.590. The van der Waals surface area contributed by atoms with E-state index >= 15 is 0 Å². The summed E-state index contributed by atoms with van der Waals surface area (Å²) in [5.74, 6) is 0. The van der Waals surface area contributed by atoms with Crippen molar-refractivity contribution in [3.63, 3.8) is 0 Å². The van der Waals surface area contributed by atoms with Gasteiger partial charge in [0.15, 0.2) is 0 Å². The predicted octanol–water partition coefficient (Wildman–Crippen LogP) is -4.03. The second-order valence-corrected chi connectivity index (χ2v) is 1.59. The molecule has 0 saturated heterocycles. The van der Waals surface area contributed by atoms with Gasteiger partial charge in [-0.25, -0.2) is 0 Å². The molecule has 0 N–H and O–H groups in total. The monoisotopic (exact) mass is 179 g/mol. The van der Waals surface area contributed by atoms with Gasteiger partial charge in [0.1, 0.15) is 0 Å². The molecule has 0 radical (unpaired) electrons.